The van der Waals surface area contributed by atoms with E-state index in [1.165, 1.54) is 0 Å². The molecule has 94 valence electrons. The third kappa shape index (κ3) is 2.98. The fraction of sp³-hybridized carbons (Fsp3) is 0.636. The molecule has 0 amide bonds. The number of anilines is 2. The van der Waals surface area contributed by atoms with Gasteiger partial charge in [0.25, 0.3) is 0 Å². The van der Waals surface area contributed by atoms with E-state index in [1.54, 1.807) is 13.2 Å². The SMILES string of the molecule is CNc1ncc(Cl)c(NC2(C)CCCOC2)n1. The first kappa shape index (κ1) is 12.4. The molecule has 2 N–H and O–H groups in total. The topological polar surface area (TPSA) is 59.1 Å². The predicted octanol–water partition coefficient (Wildman–Crippen LogP) is 2.15. The van der Waals surface area contributed by atoms with Gasteiger partial charge in [0, 0.05) is 13.7 Å². The molecule has 1 fully saturated rings. The molecule has 2 rings (SSSR count). The maximum atomic E-state index is 6.08. The second-order valence-corrected chi connectivity index (χ2v) is 4.89. The van der Waals surface area contributed by atoms with Gasteiger partial charge in [-0.3, -0.25) is 0 Å². The summed E-state index contributed by atoms with van der Waals surface area (Å²) in [4.78, 5) is 8.36. The highest BCUT2D eigenvalue weighted by atomic mass is 35.5. The molecule has 0 bridgehead atoms. The highest BCUT2D eigenvalue weighted by molar-refractivity contribution is 6.32. The van der Waals surface area contributed by atoms with Crippen molar-refractivity contribution in [3.05, 3.63) is 11.2 Å². The maximum absolute atomic E-state index is 6.08. The molecule has 1 aromatic heterocycles. The molecule has 1 aromatic rings. The maximum Gasteiger partial charge on any atom is 0.224 e. The van der Waals surface area contributed by atoms with Crippen LogP contribution in [0.4, 0.5) is 11.8 Å². The molecule has 2 heterocycles. The Kier molecular flexibility index (Phi) is 3.69. The number of aromatic nitrogens is 2. The standard InChI is InChI=1S/C11H17ClN4O/c1-11(4-3-5-17-7-11)16-9-8(12)6-14-10(13-2)15-9/h6H,3-5,7H2,1-2H3,(H2,13,14,15,16). The van der Waals surface area contributed by atoms with E-state index < -0.39 is 0 Å². The van der Waals surface area contributed by atoms with Gasteiger partial charge < -0.3 is 15.4 Å². The second-order valence-electron chi connectivity index (χ2n) is 4.48. The van der Waals surface area contributed by atoms with Crippen molar-refractivity contribution in [2.75, 3.05) is 30.9 Å². The number of rotatable bonds is 3. The molecule has 0 aromatic carbocycles. The Morgan fingerprint density at radius 2 is 2.35 bits per heavy atom. The molecule has 0 spiro atoms. The average Bonchev–Trinajstić information content (AvgIpc) is 2.33. The first-order valence-corrected chi connectivity index (χ1v) is 6.07. The van der Waals surface area contributed by atoms with Gasteiger partial charge in [0.05, 0.1) is 18.3 Å². The molecule has 1 aliphatic rings. The summed E-state index contributed by atoms with van der Waals surface area (Å²) in [6.45, 7) is 3.61. The Labute approximate surface area is 106 Å². The third-order valence-electron chi connectivity index (χ3n) is 2.83. The minimum atomic E-state index is -0.110. The van der Waals surface area contributed by atoms with Crippen LogP contribution in [0.2, 0.25) is 5.02 Å². The van der Waals surface area contributed by atoms with Crippen LogP contribution >= 0.6 is 11.6 Å². The summed E-state index contributed by atoms with van der Waals surface area (Å²) in [5.41, 5.74) is -0.110. The Morgan fingerprint density at radius 1 is 1.53 bits per heavy atom. The molecular weight excluding hydrogens is 240 g/mol. The van der Waals surface area contributed by atoms with E-state index in [9.17, 15) is 0 Å². The lowest BCUT2D eigenvalue weighted by molar-refractivity contribution is 0.0539. The summed E-state index contributed by atoms with van der Waals surface area (Å²) in [5, 5.41) is 6.77. The highest BCUT2D eigenvalue weighted by Crippen LogP contribution is 2.27. The monoisotopic (exact) mass is 256 g/mol. The van der Waals surface area contributed by atoms with Crippen molar-refractivity contribution in [1.82, 2.24) is 9.97 Å². The van der Waals surface area contributed by atoms with Crippen molar-refractivity contribution in [2.45, 2.75) is 25.3 Å². The zero-order valence-corrected chi connectivity index (χ0v) is 10.8. The van der Waals surface area contributed by atoms with Crippen LogP contribution in [0, 0.1) is 0 Å². The zero-order chi connectivity index (χ0) is 12.3. The molecule has 1 atom stereocenters. The van der Waals surface area contributed by atoms with Gasteiger partial charge in [-0.05, 0) is 19.8 Å². The van der Waals surface area contributed by atoms with E-state index in [-0.39, 0.29) is 5.54 Å². The molecule has 17 heavy (non-hydrogen) atoms. The molecule has 0 aliphatic carbocycles. The molecule has 0 radical (unpaired) electrons. The van der Waals surface area contributed by atoms with E-state index in [0.29, 0.717) is 23.4 Å². The van der Waals surface area contributed by atoms with Gasteiger partial charge in [-0.1, -0.05) is 11.6 Å². The molecule has 5 nitrogen and oxygen atoms in total. The van der Waals surface area contributed by atoms with Crippen LogP contribution in [-0.4, -0.2) is 35.8 Å². The number of hydrogen-bond donors (Lipinski definition) is 2. The Balaban J connectivity index is 2.16. The van der Waals surface area contributed by atoms with E-state index in [1.807, 2.05) is 0 Å². The fourth-order valence-electron chi connectivity index (χ4n) is 1.89. The third-order valence-corrected chi connectivity index (χ3v) is 3.10. The van der Waals surface area contributed by atoms with Crippen molar-refractivity contribution >= 4 is 23.4 Å². The van der Waals surface area contributed by atoms with Gasteiger partial charge in [0.15, 0.2) is 5.82 Å². The van der Waals surface area contributed by atoms with Crippen LogP contribution in [0.5, 0.6) is 0 Å². The minimum Gasteiger partial charge on any atom is -0.379 e. The van der Waals surface area contributed by atoms with E-state index in [4.69, 9.17) is 16.3 Å². The molecule has 1 saturated heterocycles. The van der Waals surface area contributed by atoms with Crippen molar-refractivity contribution < 1.29 is 4.74 Å². The summed E-state index contributed by atoms with van der Waals surface area (Å²) in [6, 6.07) is 0. The van der Waals surface area contributed by atoms with Crippen LogP contribution in [0.1, 0.15) is 19.8 Å². The lowest BCUT2D eigenvalue weighted by Crippen LogP contribution is -2.43. The molecule has 0 saturated carbocycles. The summed E-state index contributed by atoms with van der Waals surface area (Å²) < 4.78 is 5.49. The van der Waals surface area contributed by atoms with Crippen LogP contribution in [0.15, 0.2) is 6.20 Å². The summed E-state index contributed by atoms with van der Waals surface area (Å²) in [6.07, 6.45) is 3.68. The van der Waals surface area contributed by atoms with Crippen molar-refractivity contribution in [3.63, 3.8) is 0 Å². The van der Waals surface area contributed by atoms with Gasteiger partial charge in [-0.25, -0.2) is 4.98 Å². The van der Waals surface area contributed by atoms with Crippen LogP contribution in [-0.2, 0) is 4.74 Å². The minimum absolute atomic E-state index is 0.110. The molecule has 1 aliphatic heterocycles. The number of ether oxygens (including phenoxy) is 1. The molecule has 1 unspecified atom stereocenters. The molecule has 6 heteroatoms. The van der Waals surface area contributed by atoms with Crippen molar-refractivity contribution in [3.8, 4) is 0 Å². The number of nitrogens with zero attached hydrogens (tertiary/aromatic N) is 2. The number of nitrogens with one attached hydrogen (secondary N) is 2. The Hall–Kier alpha value is -1.07. The number of hydrogen-bond acceptors (Lipinski definition) is 5. The summed E-state index contributed by atoms with van der Waals surface area (Å²) >= 11 is 6.08. The lowest BCUT2D eigenvalue weighted by atomic mass is 9.95. The van der Waals surface area contributed by atoms with E-state index in [2.05, 4.69) is 27.5 Å². The van der Waals surface area contributed by atoms with Gasteiger partial charge in [0.1, 0.15) is 5.02 Å². The zero-order valence-electron chi connectivity index (χ0n) is 10.1. The summed E-state index contributed by atoms with van der Waals surface area (Å²) in [7, 11) is 1.78. The Bertz CT molecular complexity index is 393. The smallest absolute Gasteiger partial charge is 0.224 e. The largest absolute Gasteiger partial charge is 0.379 e. The average molecular weight is 257 g/mol. The van der Waals surface area contributed by atoms with Crippen LogP contribution in [0.25, 0.3) is 0 Å². The van der Waals surface area contributed by atoms with Crippen LogP contribution in [0.3, 0.4) is 0 Å². The highest BCUT2D eigenvalue weighted by Gasteiger charge is 2.28. The normalized spacial score (nSPS) is 24.4. The first-order chi connectivity index (χ1) is 8.13. The van der Waals surface area contributed by atoms with Gasteiger partial charge in [0.2, 0.25) is 5.95 Å². The molecular formula is C11H17ClN4O. The fourth-order valence-corrected chi connectivity index (χ4v) is 2.03. The summed E-state index contributed by atoms with van der Waals surface area (Å²) in [5.74, 6) is 1.20. The van der Waals surface area contributed by atoms with Gasteiger partial charge >= 0.3 is 0 Å². The quantitative estimate of drug-likeness (QED) is 0.868. The second kappa shape index (κ2) is 5.06. The first-order valence-electron chi connectivity index (χ1n) is 5.69. The number of halogens is 1. The van der Waals surface area contributed by atoms with Gasteiger partial charge in [-0.2, -0.15) is 4.98 Å². The van der Waals surface area contributed by atoms with Crippen molar-refractivity contribution in [1.29, 1.82) is 0 Å². The van der Waals surface area contributed by atoms with Gasteiger partial charge in [-0.15, -0.1) is 0 Å². The predicted molar refractivity (Wildman–Crippen MR) is 68.7 cm³/mol. The van der Waals surface area contributed by atoms with Crippen molar-refractivity contribution in [2.24, 2.45) is 0 Å². The lowest BCUT2D eigenvalue weighted by Gasteiger charge is -2.35. The Morgan fingerprint density at radius 3 is 3.00 bits per heavy atom. The van der Waals surface area contributed by atoms with E-state index in [0.717, 1.165) is 19.4 Å². The van der Waals surface area contributed by atoms with E-state index >= 15 is 0 Å². The van der Waals surface area contributed by atoms with Crippen LogP contribution < -0.4 is 10.6 Å².